The number of fused-ring (bicyclic) bond motifs is 1. The van der Waals surface area contributed by atoms with Gasteiger partial charge in [0.25, 0.3) is 11.8 Å². The van der Waals surface area contributed by atoms with Gasteiger partial charge in [0, 0.05) is 6.54 Å². The molecule has 1 atom stereocenters. The Morgan fingerprint density at radius 2 is 1.52 bits per heavy atom. The van der Waals surface area contributed by atoms with Gasteiger partial charge in [0.2, 0.25) is 6.41 Å². The Morgan fingerprint density at radius 1 is 0.960 bits per heavy atom. The van der Waals surface area contributed by atoms with E-state index in [-0.39, 0.29) is 18.9 Å². The van der Waals surface area contributed by atoms with Crippen molar-refractivity contribution in [2.24, 2.45) is 0 Å². The van der Waals surface area contributed by atoms with Crippen molar-refractivity contribution >= 4 is 24.0 Å². The molecule has 1 aliphatic rings. The zero-order valence-corrected chi connectivity index (χ0v) is 13.3. The van der Waals surface area contributed by atoms with Crippen molar-refractivity contribution in [2.75, 3.05) is 13.1 Å². The van der Waals surface area contributed by atoms with E-state index in [2.05, 4.69) is 5.32 Å². The van der Waals surface area contributed by atoms with Gasteiger partial charge in [-0.2, -0.15) is 0 Å². The van der Waals surface area contributed by atoms with Gasteiger partial charge in [0.1, 0.15) is 0 Å². The predicted octanol–water partition coefficient (Wildman–Crippen LogP) is 1.38. The molecule has 1 unspecified atom stereocenters. The highest BCUT2D eigenvalue weighted by molar-refractivity contribution is 6.21. The second-order valence-corrected chi connectivity index (χ2v) is 5.69. The molecule has 0 saturated heterocycles. The largest absolute Gasteiger partial charge is 0.352 e. The van der Waals surface area contributed by atoms with E-state index in [1.807, 2.05) is 6.07 Å². The van der Waals surface area contributed by atoms with Crippen molar-refractivity contribution < 1.29 is 19.2 Å². The topological polar surface area (TPSA) is 83.6 Å². The minimum atomic E-state index is -0.698. The number of Topliss-reactive ketones (excluding diaryl/α,β-unsaturated/α-hetero) is 1. The van der Waals surface area contributed by atoms with Crippen LogP contribution in [0.15, 0.2) is 54.6 Å². The minimum Gasteiger partial charge on any atom is -0.352 e. The van der Waals surface area contributed by atoms with Crippen molar-refractivity contribution in [3.8, 4) is 0 Å². The van der Waals surface area contributed by atoms with Crippen LogP contribution in [0.25, 0.3) is 0 Å². The maximum Gasteiger partial charge on any atom is 0.261 e. The Hall–Kier alpha value is -3.28. The Labute approximate surface area is 144 Å². The summed E-state index contributed by atoms with van der Waals surface area (Å²) < 4.78 is 0. The first kappa shape index (κ1) is 16.6. The Kier molecular flexibility index (Phi) is 4.70. The van der Waals surface area contributed by atoms with Crippen LogP contribution in [0.5, 0.6) is 0 Å². The second kappa shape index (κ2) is 7.09. The number of amides is 3. The molecule has 1 heterocycles. The van der Waals surface area contributed by atoms with Crippen LogP contribution in [-0.4, -0.2) is 42.0 Å². The third-order valence-corrected chi connectivity index (χ3v) is 4.19. The number of nitrogens with one attached hydrogen (secondary N) is 1. The van der Waals surface area contributed by atoms with E-state index in [1.165, 1.54) is 0 Å². The fourth-order valence-corrected chi connectivity index (χ4v) is 2.93. The van der Waals surface area contributed by atoms with Crippen LogP contribution in [0.4, 0.5) is 0 Å². The first-order valence-electron chi connectivity index (χ1n) is 7.83. The number of benzene rings is 2. The SMILES string of the molecule is O=CNCC(=O)C(CN1C(=O)c2ccccc2C1=O)c1ccccc1. The number of hydrogen-bond donors (Lipinski definition) is 1. The van der Waals surface area contributed by atoms with Gasteiger partial charge >= 0.3 is 0 Å². The van der Waals surface area contributed by atoms with Gasteiger partial charge in [-0.25, -0.2) is 0 Å². The molecule has 1 aliphatic heterocycles. The molecule has 0 bridgehead atoms. The van der Waals surface area contributed by atoms with E-state index < -0.39 is 17.7 Å². The number of carbonyl (C=O) groups excluding carboxylic acids is 4. The van der Waals surface area contributed by atoms with Gasteiger partial charge < -0.3 is 5.32 Å². The average molecular weight is 336 g/mol. The van der Waals surface area contributed by atoms with Crippen LogP contribution in [-0.2, 0) is 9.59 Å². The molecule has 0 radical (unpaired) electrons. The van der Waals surface area contributed by atoms with E-state index in [4.69, 9.17) is 0 Å². The van der Waals surface area contributed by atoms with E-state index in [0.29, 0.717) is 23.1 Å². The highest BCUT2D eigenvalue weighted by atomic mass is 16.2. The summed E-state index contributed by atoms with van der Waals surface area (Å²) in [6.07, 6.45) is 0.446. The quantitative estimate of drug-likeness (QED) is 0.612. The number of imide groups is 1. The van der Waals surface area contributed by atoms with Gasteiger partial charge in [-0.15, -0.1) is 0 Å². The van der Waals surface area contributed by atoms with Gasteiger partial charge in [0.15, 0.2) is 5.78 Å². The zero-order chi connectivity index (χ0) is 17.8. The molecule has 3 amide bonds. The first-order valence-corrected chi connectivity index (χ1v) is 7.83. The maximum absolute atomic E-state index is 12.5. The van der Waals surface area contributed by atoms with Crippen molar-refractivity contribution in [2.45, 2.75) is 5.92 Å². The third-order valence-electron chi connectivity index (χ3n) is 4.19. The number of ketones is 1. The number of hydrogen-bond acceptors (Lipinski definition) is 4. The standard InChI is InChI=1S/C19H16N2O4/c22-12-20-10-17(23)16(13-6-2-1-3-7-13)11-21-18(24)14-8-4-5-9-15(14)19(21)25/h1-9,12,16H,10-11H2,(H,20,22). The number of nitrogens with zero attached hydrogens (tertiary/aromatic N) is 1. The molecule has 1 N–H and O–H groups in total. The van der Waals surface area contributed by atoms with Crippen molar-refractivity contribution in [3.05, 3.63) is 71.3 Å². The molecule has 0 aliphatic carbocycles. The van der Waals surface area contributed by atoms with Crippen LogP contribution in [0.1, 0.15) is 32.2 Å². The smallest absolute Gasteiger partial charge is 0.261 e. The van der Waals surface area contributed by atoms with Crippen LogP contribution in [0, 0.1) is 0 Å². The van der Waals surface area contributed by atoms with Crippen LogP contribution in [0.2, 0.25) is 0 Å². The van der Waals surface area contributed by atoms with Crippen LogP contribution >= 0.6 is 0 Å². The van der Waals surface area contributed by atoms with Crippen molar-refractivity contribution in [3.63, 3.8) is 0 Å². The summed E-state index contributed by atoms with van der Waals surface area (Å²) in [4.78, 5) is 49.2. The summed E-state index contributed by atoms with van der Waals surface area (Å²) in [5.41, 5.74) is 1.38. The molecule has 2 aromatic rings. The third kappa shape index (κ3) is 3.19. The van der Waals surface area contributed by atoms with E-state index in [1.54, 1.807) is 48.5 Å². The highest BCUT2D eigenvalue weighted by Gasteiger charge is 2.37. The Balaban J connectivity index is 1.89. The number of carbonyl (C=O) groups is 4. The lowest BCUT2D eigenvalue weighted by Crippen LogP contribution is -2.38. The second-order valence-electron chi connectivity index (χ2n) is 5.69. The van der Waals surface area contributed by atoms with Gasteiger partial charge in [0.05, 0.1) is 23.6 Å². The maximum atomic E-state index is 12.5. The molecule has 2 aromatic carbocycles. The lowest BCUT2D eigenvalue weighted by Gasteiger charge is -2.22. The monoisotopic (exact) mass is 336 g/mol. The normalized spacial score (nSPS) is 14.2. The van der Waals surface area contributed by atoms with Gasteiger partial charge in [-0.3, -0.25) is 24.1 Å². The summed E-state index contributed by atoms with van der Waals surface area (Å²) in [5, 5.41) is 2.34. The fourth-order valence-electron chi connectivity index (χ4n) is 2.93. The lowest BCUT2D eigenvalue weighted by molar-refractivity contribution is -0.121. The fraction of sp³-hybridized carbons (Fsp3) is 0.158. The molecular weight excluding hydrogens is 320 g/mol. The first-order chi connectivity index (χ1) is 12.1. The molecule has 3 rings (SSSR count). The molecule has 25 heavy (non-hydrogen) atoms. The summed E-state index contributed by atoms with van der Waals surface area (Å²) in [6, 6.07) is 15.5. The summed E-state index contributed by atoms with van der Waals surface area (Å²) >= 11 is 0. The molecule has 6 nitrogen and oxygen atoms in total. The average Bonchev–Trinajstić information content (AvgIpc) is 2.89. The Morgan fingerprint density at radius 3 is 2.08 bits per heavy atom. The number of rotatable bonds is 7. The molecule has 126 valence electrons. The van der Waals surface area contributed by atoms with E-state index in [0.717, 1.165) is 4.90 Å². The van der Waals surface area contributed by atoms with Crippen molar-refractivity contribution in [1.29, 1.82) is 0 Å². The molecule has 0 saturated carbocycles. The summed E-state index contributed by atoms with van der Waals surface area (Å²) in [7, 11) is 0. The summed E-state index contributed by atoms with van der Waals surface area (Å²) in [5.74, 6) is -1.78. The van der Waals surface area contributed by atoms with E-state index >= 15 is 0 Å². The molecule has 0 aromatic heterocycles. The lowest BCUT2D eigenvalue weighted by atomic mass is 9.94. The zero-order valence-electron chi connectivity index (χ0n) is 13.3. The molecule has 0 fully saturated rings. The molecule has 0 spiro atoms. The predicted molar refractivity (Wildman–Crippen MR) is 90.1 cm³/mol. The van der Waals surface area contributed by atoms with Gasteiger partial charge in [-0.1, -0.05) is 42.5 Å². The van der Waals surface area contributed by atoms with Gasteiger partial charge in [-0.05, 0) is 17.7 Å². The van der Waals surface area contributed by atoms with Crippen LogP contribution in [0.3, 0.4) is 0 Å². The molecular formula is C19H16N2O4. The minimum absolute atomic E-state index is 0.0598. The van der Waals surface area contributed by atoms with Crippen LogP contribution < -0.4 is 5.32 Å². The summed E-state index contributed by atoms with van der Waals surface area (Å²) in [6.45, 7) is -0.220. The van der Waals surface area contributed by atoms with E-state index in [9.17, 15) is 19.2 Å². The Bertz CT molecular complexity index is 797. The van der Waals surface area contributed by atoms with Crippen molar-refractivity contribution in [1.82, 2.24) is 10.2 Å². The molecule has 6 heteroatoms. The highest BCUT2D eigenvalue weighted by Crippen LogP contribution is 2.26.